The second-order valence-corrected chi connectivity index (χ2v) is 7.25. The van der Waals surface area contributed by atoms with Crippen molar-refractivity contribution in [3.8, 4) is 0 Å². The Morgan fingerprint density at radius 3 is 3.08 bits per heavy atom. The first-order valence-corrected chi connectivity index (χ1v) is 9.20. The highest BCUT2D eigenvalue weighted by molar-refractivity contribution is 6.35. The zero-order valence-electron chi connectivity index (χ0n) is 14.7. The van der Waals surface area contributed by atoms with E-state index in [4.69, 9.17) is 11.6 Å². The maximum Gasteiger partial charge on any atom is 0.227 e. The van der Waals surface area contributed by atoms with Crippen LogP contribution in [0.25, 0.3) is 10.9 Å². The Labute approximate surface area is 157 Å². The number of halogens is 1. The fourth-order valence-electron chi connectivity index (χ4n) is 3.50. The number of aryl methyl sites for hydroxylation is 1. The van der Waals surface area contributed by atoms with Crippen LogP contribution in [0.5, 0.6) is 0 Å². The number of benzene rings is 1. The molecule has 1 atom stereocenters. The van der Waals surface area contributed by atoms with Crippen LogP contribution in [0.2, 0.25) is 5.02 Å². The number of aromatic nitrogens is 3. The summed E-state index contributed by atoms with van der Waals surface area (Å²) in [6, 6.07) is 7.95. The van der Waals surface area contributed by atoms with Crippen LogP contribution in [0.4, 0.5) is 11.6 Å². The van der Waals surface area contributed by atoms with Gasteiger partial charge in [0, 0.05) is 49.1 Å². The second-order valence-electron chi connectivity index (χ2n) is 6.85. The number of anilines is 2. The molecule has 0 spiro atoms. The summed E-state index contributed by atoms with van der Waals surface area (Å²) in [5, 5.41) is 14.8. The third-order valence-electron chi connectivity index (χ3n) is 4.78. The molecule has 1 unspecified atom stereocenters. The predicted molar refractivity (Wildman–Crippen MR) is 104 cm³/mol. The van der Waals surface area contributed by atoms with Crippen molar-refractivity contribution in [2.24, 2.45) is 7.05 Å². The van der Waals surface area contributed by atoms with Gasteiger partial charge in [-0.05, 0) is 43.7 Å². The van der Waals surface area contributed by atoms with E-state index in [1.54, 1.807) is 6.20 Å². The van der Waals surface area contributed by atoms with E-state index in [-0.39, 0.29) is 6.10 Å². The van der Waals surface area contributed by atoms with Crippen molar-refractivity contribution in [3.05, 3.63) is 47.4 Å². The highest BCUT2D eigenvalue weighted by atomic mass is 35.5. The maximum atomic E-state index is 9.82. The Bertz CT molecular complexity index is 925. The first-order valence-electron chi connectivity index (χ1n) is 8.82. The van der Waals surface area contributed by atoms with E-state index in [9.17, 15) is 5.11 Å². The summed E-state index contributed by atoms with van der Waals surface area (Å²) >= 11 is 6.29. The number of aliphatic hydroxyl groups excluding tert-OH is 1. The smallest absolute Gasteiger partial charge is 0.227 e. The number of rotatable bonds is 4. The van der Waals surface area contributed by atoms with Gasteiger partial charge in [-0.3, -0.25) is 4.90 Å². The summed E-state index contributed by atoms with van der Waals surface area (Å²) in [5.41, 5.74) is 2.92. The molecule has 3 heterocycles. The van der Waals surface area contributed by atoms with Gasteiger partial charge in [-0.1, -0.05) is 11.6 Å². The highest BCUT2D eigenvalue weighted by Crippen LogP contribution is 2.28. The molecule has 1 aliphatic rings. The molecule has 0 bridgehead atoms. The van der Waals surface area contributed by atoms with Crippen molar-refractivity contribution in [1.82, 2.24) is 19.4 Å². The summed E-state index contributed by atoms with van der Waals surface area (Å²) in [4.78, 5) is 11.2. The topological polar surface area (TPSA) is 66.2 Å². The maximum absolute atomic E-state index is 9.82. The molecule has 1 fully saturated rings. The van der Waals surface area contributed by atoms with E-state index in [0.29, 0.717) is 12.5 Å². The van der Waals surface area contributed by atoms with Gasteiger partial charge < -0.3 is 15.0 Å². The van der Waals surface area contributed by atoms with Crippen LogP contribution in [0.3, 0.4) is 0 Å². The number of aliphatic hydroxyl groups is 1. The summed E-state index contributed by atoms with van der Waals surface area (Å²) in [6.07, 6.45) is 5.34. The van der Waals surface area contributed by atoms with Crippen LogP contribution in [0.15, 0.2) is 36.7 Å². The van der Waals surface area contributed by atoms with Gasteiger partial charge in [0.15, 0.2) is 0 Å². The summed E-state index contributed by atoms with van der Waals surface area (Å²) < 4.78 is 2.01. The molecule has 0 amide bonds. The van der Waals surface area contributed by atoms with E-state index >= 15 is 0 Å². The number of fused-ring (bicyclic) bond motifs is 1. The van der Waals surface area contributed by atoms with Gasteiger partial charge in [-0.15, -0.1) is 0 Å². The van der Waals surface area contributed by atoms with Crippen molar-refractivity contribution in [1.29, 1.82) is 0 Å². The molecule has 2 N–H and O–H groups in total. The number of piperidine rings is 1. The quantitative estimate of drug-likeness (QED) is 0.736. The van der Waals surface area contributed by atoms with Crippen LogP contribution >= 0.6 is 11.6 Å². The molecule has 6 nitrogen and oxygen atoms in total. The Kier molecular flexibility index (Phi) is 4.80. The summed E-state index contributed by atoms with van der Waals surface area (Å²) in [6.45, 7) is 2.42. The van der Waals surface area contributed by atoms with Gasteiger partial charge in [0.1, 0.15) is 0 Å². The molecule has 3 aromatic rings. The fourth-order valence-corrected chi connectivity index (χ4v) is 3.80. The molecule has 0 radical (unpaired) electrons. The standard InChI is InChI=1S/C19H22ClN5O/c1-24-12-17(20)16-9-13(4-5-18(16)24)22-19-21-7-6-14(23-19)10-25-8-2-3-15(26)11-25/h4-7,9,12,15,26H,2-3,8,10-11H2,1H3,(H,21,22,23). The van der Waals surface area contributed by atoms with Crippen molar-refractivity contribution < 1.29 is 5.11 Å². The monoisotopic (exact) mass is 371 g/mol. The number of hydrogen-bond acceptors (Lipinski definition) is 5. The molecule has 26 heavy (non-hydrogen) atoms. The predicted octanol–water partition coefficient (Wildman–Crippen LogP) is 3.32. The normalized spacial score (nSPS) is 18.3. The zero-order chi connectivity index (χ0) is 18.1. The Morgan fingerprint density at radius 1 is 1.35 bits per heavy atom. The first kappa shape index (κ1) is 17.3. The lowest BCUT2D eigenvalue weighted by molar-refractivity contribution is 0.0662. The van der Waals surface area contributed by atoms with E-state index in [1.165, 1.54) is 0 Å². The average Bonchev–Trinajstić information content (AvgIpc) is 2.89. The van der Waals surface area contributed by atoms with E-state index in [2.05, 4.69) is 20.2 Å². The van der Waals surface area contributed by atoms with E-state index in [0.717, 1.165) is 53.2 Å². The number of hydrogen-bond donors (Lipinski definition) is 2. The van der Waals surface area contributed by atoms with Crippen molar-refractivity contribution in [2.75, 3.05) is 18.4 Å². The summed E-state index contributed by atoms with van der Waals surface area (Å²) in [5.74, 6) is 0.562. The van der Waals surface area contributed by atoms with Gasteiger partial charge in [0.25, 0.3) is 0 Å². The number of likely N-dealkylation sites (tertiary alicyclic amines) is 1. The van der Waals surface area contributed by atoms with Gasteiger partial charge >= 0.3 is 0 Å². The molecular formula is C19H22ClN5O. The third kappa shape index (κ3) is 3.67. The van der Waals surface area contributed by atoms with E-state index < -0.39 is 0 Å². The first-order chi connectivity index (χ1) is 12.6. The number of nitrogens with zero attached hydrogens (tertiary/aromatic N) is 4. The number of nitrogens with one attached hydrogen (secondary N) is 1. The largest absolute Gasteiger partial charge is 0.392 e. The van der Waals surface area contributed by atoms with Gasteiger partial charge in [-0.25, -0.2) is 9.97 Å². The van der Waals surface area contributed by atoms with Crippen LogP contribution in [0, 0.1) is 0 Å². The Morgan fingerprint density at radius 2 is 2.23 bits per heavy atom. The molecular weight excluding hydrogens is 350 g/mol. The molecule has 0 aliphatic carbocycles. The van der Waals surface area contributed by atoms with E-state index in [1.807, 2.05) is 42.1 Å². The lowest BCUT2D eigenvalue weighted by Gasteiger charge is -2.29. The van der Waals surface area contributed by atoms with Crippen molar-refractivity contribution in [2.45, 2.75) is 25.5 Å². The molecule has 136 valence electrons. The average molecular weight is 372 g/mol. The molecule has 0 saturated carbocycles. The van der Waals surface area contributed by atoms with Crippen LogP contribution in [-0.4, -0.2) is 43.7 Å². The SMILES string of the molecule is Cn1cc(Cl)c2cc(Nc3nccc(CN4CCCC(O)C4)n3)ccc21. The van der Waals surface area contributed by atoms with Crippen LogP contribution < -0.4 is 5.32 Å². The fraction of sp³-hybridized carbons (Fsp3) is 0.368. The van der Waals surface area contributed by atoms with Crippen molar-refractivity contribution >= 4 is 34.1 Å². The summed E-state index contributed by atoms with van der Waals surface area (Å²) in [7, 11) is 1.98. The second kappa shape index (κ2) is 7.23. The number of β-amino-alcohol motifs (C(OH)–C–C–N with tert-alkyl or cyclic N) is 1. The molecule has 1 aliphatic heterocycles. The minimum atomic E-state index is -0.231. The lowest BCUT2D eigenvalue weighted by Crippen LogP contribution is -2.37. The minimum absolute atomic E-state index is 0.231. The molecule has 7 heteroatoms. The zero-order valence-corrected chi connectivity index (χ0v) is 15.4. The van der Waals surface area contributed by atoms with Gasteiger partial charge in [-0.2, -0.15) is 0 Å². The van der Waals surface area contributed by atoms with Gasteiger partial charge in [0.05, 0.1) is 16.8 Å². The van der Waals surface area contributed by atoms with Crippen LogP contribution in [-0.2, 0) is 13.6 Å². The highest BCUT2D eigenvalue weighted by Gasteiger charge is 2.18. The minimum Gasteiger partial charge on any atom is -0.392 e. The van der Waals surface area contributed by atoms with Gasteiger partial charge in [0.2, 0.25) is 5.95 Å². The molecule has 2 aromatic heterocycles. The Hall–Kier alpha value is -2.15. The Balaban J connectivity index is 1.51. The molecule has 1 saturated heterocycles. The molecule has 4 rings (SSSR count). The third-order valence-corrected chi connectivity index (χ3v) is 5.08. The molecule has 1 aromatic carbocycles. The lowest BCUT2D eigenvalue weighted by atomic mass is 10.1. The van der Waals surface area contributed by atoms with Crippen LogP contribution in [0.1, 0.15) is 18.5 Å². The van der Waals surface area contributed by atoms with Crippen molar-refractivity contribution in [3.63, 3.8) is 0 Å².